The second-order valence-electron chi connectivity index (χ2n) is 10.3. The van der Waals surface area contributed by atoms with E-state index in [-0.39, 0.29) is 29.6 Å². The molecule has 208 valence electrons. The quantitative estimate of drug-likeness (QED) is 0.173. The Morgan fingerprint density at radius 2 is 1.85 bits per heavy atom. The molecule has 0 amide bonds. The maximum absolute atomic E-state index is 14.8. The molecule has 5 nitrogen and oxygen atoms in total. The fourth-order valence-electron chi connectivity index (χ4n) is 4.68. The van der Waals surface area contributed by atoms with E-state index in [4.69, 9.17) is 14.2 Å². The lowest BCUT2D eigenvalue weighted by molar-refractivity contribution is -0.143. The SMILES string of the molecule is CCOC(=O)C[C@H](CC1CC1)c1cccc(OCc2ccc(-c3cc(OC)ccc3F)c([S+](O)C(C)C)c2)c1. The lowest BCUT2D eigenvalue weighted by Gasteiger charge is -2.18. The van der Waals surface area contributed by atoms with E-state index in [1.54, 1.807) is 19.2 Å². The molecule has 39 heavy (non-hydrogen) atoms. The van der Waals surface area contributed by atoms with Crippen molar-refractivity contribution in [2.24, 2.45) is 5.92 Å². The third-order valence-corrected chi connectivity index (χ3v) is 8.63. The van der Waals surface area contributed by atoms with Crippen molar-refractivity contribution in [1.29, 1.82) is 0 Å². The Morgan fingerprint density at radius 3 is 2.54 bits per heavy atom. The monoisotopic (exact) mass is 553 g/mol. The first-order valence-corrected chi connectivity index (χ1v) is 14.8. The summed E-state index contributed by atoms with van der Waals surface area (Å²) in [6, 6.07) is 18.2. The molecule has 1 saturated carbocycles. The van der Waals surface area contributed by atoms with Crippen LogP contribution in [0.2, 0.25) is 0 Å². The molecule has 0 spiro atoms. The van der Waals surface area contributed by atoms with Crippen molar-refractivity contribution in [3.8, 4) is 22.6 Å². The van der Waals surface area contributed by atoms with Gasteiger partial charge < -0.3 is 14.2 Å². The summed E-state index contributed by atoms with van der Waals surface area (Å²) < 4.78 is 42.6. The molecule has 1 aliphatic rings. The van der Waals surface area contributed by atoms with Crippen molar-refractivity contribution >= 4 is 17.1 Å². The number of hydrogen-bond donors (Lipinski definition) is 1. The Labute approximate surface area is 233 Å². The van der Waals surface area contributed by atoms with Crippen LogP contribution in [0.25, 0.3) is 11.1 Å². The molecule has 0 radical (unpaired) electrons. The van der Waals surface area contributed by atoms with Crippen LogP contribution in [0.1, 0.15) is 63.5 Å². The molecule has 1 aliphatic carbocycles. The molecule has 2 atom stereocenters. The average molecular weight is 554 g/mol. The standard InChI is InChI=1S/C32H38FO5S/c1-5-37-32(34)18-25(15-22-9-10-22)24-7-6-8-27(17-24)38-20-23-11-13-28(31(16-23)39(35)21(2)3)29-19-26(36-4)12-14-30(29)33/h6-8,11-14,16-17,19,21-22,25,35H,5,9-10,15,18,20H2,1-4H3/q+1/t25-,39?/m0/s1. The molecule has 1 unspecified atom stereocenters. The first kappa shape index (κ1) is 29.0. The number of ether oxygens (including phenoxy) is 3. The third-order valence-electron chi connectivity index (χ3n) is 6.95. The number of carbonyl (C=O) groups excluding carboxylic acids is 1. The van der Waals surface area contributed by atoms with Crippen LogP contribution < -0.4 is 9.47 Å². The summed E-state index contributed by atoms with van der Waals surface area (Å²) in [5.41, 5.74) is 2.98. The van der Waals surface area contributed by atoms with Crippen LogP contribution in [0.5, 0.6) is 11.5 Å². The maximum atomic E-state index is 14.8. The lowest BCUT2D eigenvalue weighted by atomic mass is 9.90. The Bertz CT molecular complexity index is 1270. The predicted octanol–water partition coefficient (Wildman–Crippen LogP) is 7.78. The number of halogens is 1. The van der Waals surface area contributed by atoms with E-state index in [2.05, 4.69) is 6.07 Å². The van der Waals surface area contributed by atoms with E-state index in [0.29, 0.717) is 46.5 Å². The van der Waals surface area contributed by atoms with Crippen molar-refractivity contribution in [2.45, 2.75) is 69.1 Å². The smallest absolute Gasteiger partial charge is 0.306 e. The van der Waals surface area contributed by atoms with Gasteiger partial charge in [-0.1, -0.05) is 31.0 Å². The van der Waals surface area contributed by atoms with Gasteiger partial charge in [-0.3, -0.25) is 4.79 Å². The predicted molar refractivity (Wildman–Crippen MR) is 154 cm³/mol. The van der Waals surface area contributed by atoms with Gasteiger partial charge in [0.1, 0.15) is 23.9 Å². The highest BCUT2D eigenvalue weighted by molar-refractivity contribution is 7.92. The lowest BCUT2D eigenvalue weighted by Crippen LogP contribution is -2.15. The summed E-state index contributed by atoms with van der Waals surface area (Å²) in [7, 11) is 1.54. The van der Waals surface area contributed by atoms with E-state index in [1.807, 2.05) is 57.2 Å². The molecule has 3 aromatic rings. The van der Waals surface area contributed by atoms with Gasteiger partial charge >= 0.3 is 5.97 Å². The van der Waals surface area contributed by atoms with Crippen molar-refractivity contribution in [1.82, 2.24) is 0 Å². The average Bonchev–Trinajstić information content (AvgIpc) is 3.76. The molecule has 0 aliphatic heterocycles. The van der Waals surface area contributed by atoms with Gasteiger partial charge in [0.25, 0.3) is 0 Å². The van der Waals surface area contributed by atoms with E-state index in [1.165, 1.54) is 18.9 Å². The van der Waals surface area contributed by atoms with E-state index >= 15 is 0 Å². The number of methoxy groups -OCH3 is 1. The van der Waals surface area contributed by atoms with Crippen molar-refractivity contribution in [3.05, 3.63) is 77.6 Å². The van der Waals surface area contributed by atoms with Crippen LogP contribution in [-0.2, 0) is 27.3 Å². The molecular weight excluding hydrogens is 515 g/mol. The van der Waals surface area contributed by atoms with Crippen LogP contribution in [0.3, 0.4) is 0 Å². The summed E-state index contributed by atoms with van der Waals surface area (Å²) >= 11 is -1.10. The normalized spacial score (nSPS) is 14.6. The van der Waals surface area contributed by atoms with Crippen LogP contribution in [0.4, 0.5) is 4.39 Å². The highest BCUT2D eigenvalue weighted by Crippen LogP contribution is 2.41. The molecule has 1 fully saturated rings. The number of hydrogen-bond acceptors (Lipinski definition) is 5. The zero-order chi connectivity index (χ0) is 27.9. The Balaban J connectivity index is 1.55. The summed E-state index contributed by atoms with van der Waals surface area (Å²) in [6.07, 6.45) is 3.78. The van der Waals surface area contributed by atoms with Crippen LogP contribution in [-0.4, -0.2) is 29.5 Å². The minimum absolute atomic E-state index is 0.0342. The number of esters is 1. The Hall–Kier alpha value is -3.03. The maximum Gasteiger partial charge on any atom is 0.306 e. The molecule has 3 aromatic carbocycles. The van der Waals surface area contributed by atoms with Gasteiger partial charge in [-0.25, -0.2) is 4.39 Å². The summed E-state index contributed by atoms with van der Waals surface area (Å²) in [5.74, 6) is 1.50. The molecule has 0 saturated heterocycles. The minimum Gasteiger partial charge on any atom is -0.497 e. The largest absolute Gasteiger partial charge is 0.497 e. The van der Waals surface area contributed by atoms with Crippen molar-refractivity contribution in [2.75, 3.05) is 13.7 Å². The van der Waals surface area contributed by atoms with Crippen molar-refractivity contribution < 1.29 is 27.9 Å². The van der Waals surface area contributed by atoms with Crippen LogP contribution in [0, 0.1) is 11.7 Å². The Kier molecular flexibility index (Phi) is 9.92. The van der Waals surface area contributed by atoms with Crippen molar-refractivity contribution in [3.63, 3.8) is 0 Å². The Morgan fingerprint density at radius 1 is 1.05 bits per heavy atom. The first-order valence-electron chi connectivity index (χ1n) is 13.6. The second kappa shape index (κ2) is 13.4. The van der Waals surface area contributed by atoms with E-state index < -0.39 is 11.2 Å². The number of carbonyl (C=O) groups is 1. The molecule has 7 heteroatoms. The molecule has 4 rings (SSSR count). The molecular formula is C32H38FO5S+. The topological polar surface area (TPSA) is 65.0 Å². The van der Waals surface area contributed by atoms with Gasteiger partial charge in [0, 0.05) is 17.2 Å². The molecule has 0 aromatic heterocycles. The summed E-state index contributed by atoms with van der Waals surface area (Å²) in [6.45, 7) is 6.39. The first-order chi connectivity index (χ1) is 18.8. The van der Waals surface area contributed by atoms with E-state index in [0.717, 1.165) is 17.5 Å². The summed E-state index contributed by atoms with van der Waals surface area (Å²) in [5, 5.41) is -0.0342. The second-order valence-corrected chi connectivity index (χ2v) is 12.3. The van der Waals surface area contributed by atoms with Gasteiger partial charge in [0.05, 0.1) is 20.1 Å². The zero-order valence-corrected chi connectivity index (χ0v) is 23.9. The zero-order valence-electron chi connectivity index (χ0n) is 23.1. The fourth-order valence-corrected chi connectivity index (χ4v) is 5.87. The van der Waals surface area contributed by atoms with Gasteiger partial charge in [0.15, 0.2) is 21.3 Å². The highest BCUT2D eigenvalue weighted by Gasteiger charge is 2.30. The number of rotatable bonds is 13. The van der Waals surface area contributed by atoms with Gasteiger partial charge in [0.2, 0.25) is 0 Å². The van der Waals surface area contributed by atoms with Gasteiger partial charge in [-0.15, -0.1) is 0 Å². The molecule has 1 N–H and O–H groups in total. The van der Waals surface area contributed by atoms with Crippen LogP contribution in [0.15, 0.2) is 65.6 Å². The number of benzene rings is 3. The molecule has 0 heterocycles. The van der Waals surface area contributed by atoms with E-state index in [9.17, 15) is 13.7 Å². The molecule has 0 bridgehead atoms. The minimum atomic E-state index is -1.10. The summed E-state index contributed by atoms with van der Waals surface area (Å²) in [4.78, 5) is 12.9. The fraction of sp³-hybridized carbons (Fsp3) is 0.406. The third kappa shape index (κ3) is 7.76. The van der Waals surface area contributed by atoms with Gasteiger partial charge in [-0.05, 0) is 86.6 Å². The highest BCUT2D eigenvalue weighted by atomic mass is 32.2. The van der Waals surface area contributed by atoms with Crippen LogP contribution >= 0.6 is 0 Å². The van der Waals surface area contributed by atoms with Gasteiger partial charge in [-0.2, -0.15) is 4.55 Å².